The lowest BCUT2D eigenvalue weighted by Gasteiger charge is -2.04. The molecule has 0 unspecified atom stereocenters. The Morgan fingerprint density at radius 2 is 1.86 bits per heavy atom. The van der Waals surface area contributed by atoms with Crippen molar-refractivity contribution in [2.75, 3.05) is 0 Å². The van der Waals surface area contributed by atoms with Crippen LogP contribution in [0.15, 0.2) is 33.9 Å². The fourth-order valence-corrected chi connectivity index (χ4v) is 1.29. The van der Waals surface area contributed by atoms with Gasteiger partial charge in [-0.25, -0.2) is 4.39 Å². The summed E-state index contributed by atoms with van der Waals surface area (Å²) in [5.41, 5.74) is -1.56. The first kappa shape index (κ1) is 8.62. The van der Waals surface area contributed by atoms with Crippen LogP contribution in [0.3, 0.4) is 0 Å². The molecule has 3 nitrogen and oxygen atoms in total. The van der Waals surface area contributed by atoms with E-state index in [4.69, 9.17) is 5.11 Å². The maximum atomic E-state index is 12.7. The Hall–Kier alpha value is -1.97. The number of hydrogen-bond donors (Lipinski definition) is 1. The van der Waals surface area contributed by atoms with E-state index >= 15 is 0 Å². The maximum absolute atomic E-state index is 12.7. The van der Waals surface area contributed by atoms with Gasteiger partial charge in [0.25, 0.3) is 5.43 Å². The molecule has 2 rings (SSSR count). The molecule has 0 saturated heterocycles. The Balaban J connectivity index is 2.63. The van der Waals surface area contributed by atoms with Gasteiger partial charge in [0.15, 0.2) is 5.75 Å². The standard InChI is InChI=1S/C10H5FO3/c11-6-3-1-2-5(4-6)7-8(12)10(14)9(7)13/h1-4,12H. The van der Waals surface area contributed by atoms with E-state index in [2.05, 4.69) is 0 Å². The van der Waals surface area contributed by atoms with Gasteiger partial charge < -0.3 is 5.11 Å². The quantitative estimate of drug-likeness (QED) is 0.680. The van der Waals surface area contributed by atoms with Crippen molar-refractivity contribution in [1.82, 2.24) is 0 Å². The molecule has 0 amide bonds. The van der Waals surface area contributed by atoms with E-state index in [1.165, 1.54) is 18.2 Å². The van der Waals surface area contributed by atoms with Crippen molar-refractivity contribution in [3.63, 3.8) is 0 Å². The second kappa shape index (κ2) is 2.77. The zero-order valence-corrected chi connectivity index (χ0v) is 6.95. The van der Waals surface area contributed by atoms with Crippen LogP contribution in [-0.2, 0) is 0 Å². The molecule has 0 fully saturated rings. The molecule has 0 bridgehead atoms. The molecule has 0 spiro atoms. The molecule has 0 aliphatic rings. The topological polar surface area (TPSA) is 54.4 Å². The van der Waals surface area contributed by atoms with Crippen LogP contribution >= 0.6 is 0 Å². The molecule has 2 aromatic carbocycles. The molecule has 0 saturated carbocycles. The van der Waals surface area contributed by atoms with Crippen LogP contribution in [0.5, 0.6) is 5.75 Å². The SMILES string of the molecule is O=c1c(O)c(-c2cccc(F)c2)c1=O. The van der Waals surface area contributed by atoms with Gasteiger partial charge in [-0.3, -0.25) is 9.59 Å². The third kappa shape index (κ3) is 1.04. The van der Waals surface area contributed by atoms with E-state index in [-0.39, 0.29) is 11.1 Å². The number of rotatable bonds is 1. The first-order valence-electron chi connectivity index (χ1n) is 3.89. The molecular formula is C10H5FO3. The monoisotopic (exact) mass is 192 g/mol. The first-order valence-corrected chi connectivity index (χ1v) is 3.89. The van der Waals surface area contributed by atoms with E-state index in [1.807, 2.05) is 0 Å². The third-order valence-electron chi connectivity index (χ3n) is 2.00. The second-order valence-electron chi connectivity index (χ2n) is 2.89. The predicted octanol–water partition coefficient (Wildman–Crippen LogP) is 0.794. The van der Waals surface area contributed by atoms with Gasteiger partial charge in [0, 0.05) is 0 Å². The largest absolute Gasteiger partial charge is 0.503 e. The summed E-state index contributed by atoms with van der Waals surface area (Å²) < 4.78 is 12.7. The highest BCUT2D eigenvalue weighted by Crippen LogP contribution is 2.24. The van der Waals surface area contributed by atoms with Crippen LogP contribution in [0.1, 0.15) is 0 Å². The molecule has 1 N–H and O–H groups in total. The summed E-state index contributed by atoms with van der Waals surface area (Å²) in [5, 5.41) is 9.08. The lowest BCUT2D eigenvalue weighted by Crippen LogP contribution is -2.31. The van der Waals surface area contributed by atoms with E-state index in [1.54, 1.807) is 0 Å². The minimum atomic E-state index is -0.913. The molecule has 0 radical (unpaired) electrons. The summed E-state index contributed by atoms with van der Waals surface area (Å²) in [4.78, 5) is 21.7. The minimum absolute atomic E-state index is 0.102. The maximum Gasteiger partial charge on any atom is 0.268 e. The summed E-state index contributed by atoms with van der Waals surface area (Å²) in [7, 11) is 0. The number of hydrogen-bond acceptors (Lipinski definition) is 3. The van der Waals surface area contributed by atoms with Crippen molar-refractivity contribution >= 4 is 0 Å². The first-order chi connectivity index (χ1) is 6.61. The smallest absolute Gasteiger partial charge is 0.268 e. The van der Waals surface area contributed by atoms with E-state index in [0.29, 0.717) is 0 Å². The van der Waals surface area contributed by atoms with Gasteiger partial charge in [0.05, 0.1) is 5.56 Å². The van der Waals surface area contributed by atoms with E-state index in [0.717, 1.165) is 6.07 Å². The van der Waals surface area contributed by atoms with Crippen molar-refractivity contribution in [1.29, 1.82) is 0 Å². The molecule has 14 heavy (non-hydrogen) atoms. The summed E-state index contributed by atoms with van der Waals surface area (Å²) >= 11 is 0. The van der Waals surface area contributed by atoms with Crippen molar-refractivity contribution in [3.05, 3.63) is 50.5 Å². The number of aromatic hydroxyl groups is 1. The summed E-state index contributed by atoms with van der Waals surface area (Å²) in [5.74, 6) is -1.10. The van der Waals surface area contributed by atoms with Crippen LogP contribution in [-0.4, -0.2) is 5.11 Å². The fourth-order valence-electron chi connectivity index (χ4n) is 1.29. The number of halogens is 1. The van der Waals surface area contributed by atoms with Crippen LogP contribution in [0.4, 0.5) is 4.39 Å². The Bertz CT molecular complexity index is 565. The minimum Gasteiger partial charge on any atom is -0.503 e. The molecule has 2 aromatic rings. The van der Waals surface area contributed by atoms with Gasteiger partial charge in [-0.15, -0.1) is 0 Å². The zero-order chi connectivity index (χ0) is 10.3. The molecule has 0 aliphatic carbocycles. The second-order valence-corrected chi connectivity index (χ2v) is 2.89. The van der Waals surface area contributed by atoms with Gasteiger partial charge in [-0.1, -0.05) is 12.1 Å². The molecular weight excluding hydrogens is 187 g/mol. The van der Waals surface area contributed by atoms with Gasteiger partial charge in [0.1, 0.15) is 5.82 Å². The van der Waals surface area contributed by atoms with Gasteiger partial charge in [0.2, 0.25) is 5.43 Å². The molecule has 4 heteroatoms. The van der Waals surface area contributed by atoms with Gasteiger partial charge in [-0.2, -0.15) is 0 Å². The third-order valence-corrected chi connectivity index (χ3v) is 2.00. The van der Waals surface area contributed by atoms with Crippen molar-refractivity contribution in [3.8, 4) is 16.9 Å². The average Bonchev–Trinajstić information content (AvgIpc) is 2.18. The predicted molar refractivity (Wildman–Crippen MR) is 48.4 cm³/mol. The zero-order valence-electron chi connectivity index (χ0n) is 6.95. The molecule has 70 valence electrons. The molecule has 0 aliphatic heterocycles. The normalized spacial score (nSPS) is 10.6. The van der Waals surface area contributed by atoms with Crippen molar-refractivity contribution in [2.24, 2.45) is 0 Å². The van der Waals surface area contributed by atoms with Crippen molar-refractivity contribution in [2.45, 2.75) is 0 Å². The van der Waals surface area contributed by atoms with Crippen LogP contribution < -0.4 is 10.9 Å². The van der Waals surface area contributed by atoms with Crippen LogP contribution in [0.25, 0.3) is 11.1 Å². The average molecular weight is 192 g/mol. The highest BCUT2D eigenvalue weighted by molar-refractivity contribution is 5.73. The fraction of sp³-hybridized carbons (Fsp3) is 0. The molecule has 0 aromatic heterocycles. The number of benzene rings is 1. The highest BCUT2D eigenvalue weighted by Gasteiger charge is 2.21. The lowest BCUT2D eigenvalue weighted by molar-refractivity contribution is 0.465. The van der Waals surface area contributed by atoms with Gasteiger partial charge >= 0.3 is 0 Å². The Kier molecular flexibility index (Phi) is 1.70. The Labute approximate surface area is 77.8 Å². The van der Waals surface area contributed by atoms with E-state index in [9.17, 15) is 14.0 Å². The summed E-state index contributed by atoms with van der Waals surface area (Å²) in [6.45, 7) is 0. The summed E-state index contributed by atoms with van der Waals surface area (Å²) in [6, 6.07) is 5.17. The molecule has 0 atom stereocenters. The lowest BCUT2D eigenvalue weighted by atomic mass is 10.0. The van der Waals surface area contributed by atoms with Crippen molar-refractivity contribution < 1.29 is 9.50 Å². The highest BCUT2D eigenvalue weighted by atomic mass is 19.1. The van der Waals surface area contributed by atoms with Crippen LogP contribution in [0, 0.1) is 5.82 Å². The van der Waals surface area contributed by atoms with Gasteiger partial charge in [-0.05, 0) is 17.7 Å². The summed E-state index contributed by atoms with van der Waals surface area (Å²) in [6.07, 6.45) is 0. The Morgan fingerprint density at radius 3 is 2.43 bits per heavy atom. The molecule has 0 heterocycles. The van der Waals surface area contributed by atoms with Crippen LogP contribution in [0.2, 0.25) is 0 Å². The Morgan fingerprint density at radius 1 is 1.14 bits per heavy atom. The van der Waals surface area contributed by atoms with E-state index < -0.39 is 22.4 Å².